The Morgan fingerprint density at radius 2 is 1.94 bits per heavy atom. The minimum atomic E-state index is -0.213. The molecule has 4 nitrogen and oxygen atoms in total. The van der Waals surface area contributed by atoms with E-state index in [1.54, 1.807) is 0 Å². The molecule has 1 aliphatic rings. The average molecular weight is 255 g/mol. The molecule has 1 rings (SSSR count). The lowest BCUT2D eigenvalue weighted by molar-refractivity contribution is 0.0871. The zero-order chi connectivity index (χ0) is 13.8. The van der Waals surface area contributed by atoms with Gasteiger partial charge in [-0.3, -0.25) is 0 Å². The van der Waals surface area contributed by atoms with E-state index >= 15 is 0 Å². The molecule has 0 radical (unpaired) electrons. The number of urea groups is 1. The van der Waals surface area contributed by atoms with Crippen LogP contribution in [0.2, 0.25) is 0 Å². The number of nitrogens with two attached hydrogens (primary N) is 1. The topological polar surface area (TPSA) is 49.6 Å². The molecule has 2 amide bonds. The number of amides is 2. The van der Waals surface area contributed by atoms with Crippen molar-refractivity contribution in [3.63, 3.8) is 0 Å². The van der Waals surface area contributed by atoms with Gasteiger partial charge in [0.05, 0.1) is 5.54 Å². The van der Waals surface area contributed by atoms with Gasteiger partial charge in [-0.1, -0.05) is 13.8 Å². The number of hydrogen-bond acceptors (Lipinski definition) is 2. The van der Waals surface area contributed by atoms with Crippen molar-refractivity contribution in [2.75, 3.05) is 26.2 Å². The lowest BCUT2D eigenvalue weighted by Crippen LogP contribution is -2.58. The molecule has 0 saturated carbocycles. The van der Waals surface area contributed by atoms with Gasteiger partial charge in [-0.2, -0.15) is 0 Å². The number of carbonyl (C=O) groups excluding carboxylic acids is 1. The SMILES string of the molecule is CCN(C(=O)N1CCC(C)CC1)C(C)(CC)CN. The summed E-state index contributed by atoms with van der Waals surface area (Å²) >= 11 is 0. The van der Waals surface area contributed by atoms with Crippen LogP contribution in [0.4, 0.5) is 4.79 Å². The highest BCUT2D eigenvalue weighted by molar-refractivity contribution is 5.75. The van der Waals surface area contributed by atoms with E-state index in [1.165, 1.54) is 0 Å². The summed E-state index contributed by atoms with van der Waals surface area (Å²) in [5.41, 5.74) is 5.66. The summed E-state index contributed by atoms with van der Waals surface area (Å²) in [6.45, 7) is 11.5. The van der Waals surface area contributed by atoms with Crippen molar-refractivity contribution >= 4 is 6.03 Å². The molecule has 0 aromatic heterocycles. The van der Waals surface area contributed by atoms with Gasteiger partial charge < -0.3 is 15.5 Å². The standard InChI is InChI=1S/C14H29N3O/c1-5-14(4,11-15)17(6-2)13(18)16-9-7-12(3)8-10-16/h12H,5-11,15H2,1-4H3. The fourth-order valence-corrected chi connectivity index (χ4v) is 2.56. The highest BCUT2D eigenvalue weighted by Crippen LogP contribution is 2.23. The molecular weight excluding hydrogens is 226 g/mol. The maximum atomic E-state index is 12.6. The molecule has 2 N–H and O–H groups in total. The van der Waals surface area contributed by atoms with Crippen LogP contribution in [0.15, 0.2) is 0 Å². The number of hydrogen-bond donors (Lipinski definition) is 1. The maximum absolute atomic E-state index is 12.6. The quantitative estimate of drug-likeness (QED) is 0.838. The third-order valence-electron chi connectivity index (χ3n) is 4.45. The monoisotopic (exact) mass is 255 g/mol. The Kier molecular flexibility index (Phi) is 5.45. The number of nitrogens with zero attached hydrogens (tertiary/aromatic N) is 2. The van der Waals surface area contributed by atoms with E-state index in [-0.39, 0.29) is 11.6 Å². The summed E-state index contributed by atoms with van der Waals surface area (Å²) in [6.07, 6.45) is 3.14. The number of carbonyl (C=O) groups is 1. The smallest absolute Gasteiger partial charge is 0.320 e. The van der Waals surface area contributed by atoms with E-state index in [0.29, 0.717) is 6.54 Å². The van der Waals surface area contributed by atoms with Crippen molar-refractivity contribution in [2.45, 2.75) is 52.5 Å². The lowest BCUT2D eigenvalue weighted by Gasteiger charge is -2.43. The van der Waals surface area contributed by atoms with Crippen LogP contribution in [-0.4, -0.2) is 47.5 Å². The zero-order valence-electron chi connectivity index (χ0n) is 12.4. The molecule has 0 aromatic rings. The molecule has 1 fully saturated rings. The Morgan fingerprint density at radius 1 is 1.39 bits per heavy atom. The summed E-state index contributed by atoms with van der Waals surface area (Å²) < 4.78 is 0. The molecule has 1 atom stereocenters. The Morgan fingerprint density at radius 3 is 2.33 bits per heavy atom. The van der Waals surface area contributed by atoms with Gasteiger partial charge in [0.1, 0.15) is 0 Å². The molecule has 0 bridgehead atoms. The minimum Gasteiger partial charge on any atom is -0.328 e. The molecule has 0 aromatic carbocycles. The van der Waals surface area contributed by atoms with Crippen molar-refractivity contribution in [1.29, 1.82) is 0 Å². The molecule has 1 heterocycles. The van der Waals surface area contributed by atoms with Gasteiger partial charge in [-0.05, 0) is 39.0 Å². The van der Waals surface area contributed by atoms with E-state index in [4.69, 9.17) is 5.73 Å². The van der Waals surface area contributed by atoms with Crippen LogP contribution in [0.3, 0.4) is 0 Å². The maximum Gasteiger partial charge on any atom is 0.320 e. The molecule has 106 valence electrons. The zero-order valence-corrected chi connectivity index (χ0v) is 12.4. The van der Waals surface area contributed by atoms with Crippen molar-refractivity contribution in [2.24, 2.45) is 11.7 Å². The predicted molar refractivity (Wildman–Crippen MR) is 75.5 cm³/mol. The Bertz CT molecular complexity index is 268. The van der Waals surface area contributed by atoms with Gasteiger partial charge in [0.2, 0.25) is 0 Å². The second-order valence-electron chi connectivity index (χ2n) is 5.75. The average Bonchev–Trinajstić information content (AvgIpc) is 2.39. The molecule has 1 unspecified atom stereocenters. The van der Waals surface area contributed by atoms with Crippen molar-refractivity contribution in [3.8, 4) is 0 Å². The first-order chi connectivity index (χ1) is 8.48. The van der Waals surface area contributed by atoms with E-state index in [0.717, 1.165) is 44.8 Å². The number of likely N-dealkylation sites (tertiary alicyclic amines) is 1. The van der Waals surface area contributed by atoms with Gasteiger partial charge in [-0.15, -0.1) is 0 Å². The number of likely N-dealkylation sites (N-methyl/N-ethyl adjacent to an activating group) is 1. The third kappa shape index (κ3) is 3.16. The normalized spacial score (nSPS) is 20.6. The largest absolute Gasteiger partial charge is 0.328 e. The molecule has 0 aliphatic carbocycles. The molecular formula is C14H29N3O. The Labute approximate surface area is 111 Å². The van der Waals surface area contributed by atoms with Crippen LogP contribution < -0.4 is 5.73 Å². The summed E-state index contributed by atoms with van der Waals surface area (Å²) in [4.78, 5) is 16.5. The summed E-state index contributed by atoms with van der Waals surface area (Å²) in [7, 11) is 0. The second-order valence-corrected chi connectivity index (χ2v) is 5.75. The molecule has 4 heteroatoms. The fraction of sp³-hybridized carbons (Fsp3) is 0.929. The van der Waals surface area contributed by atoms with Crippen molar-refractivity contribution in [3.05, 3.63) is 0 Å². The molecule has 18 heavy (non-hydrogen) atoms. The Hall–Kier alpha value is -0.770. The van der Waals surface area contributed by atoms with E-state index in [1.807, 2.05) is 16.7 Å². The van der Waals surface area contributed by atoms with E-state index < -0.39 is 0 Å². The number of rotatable bonds is 4. The van der Waals surface area contributed by atoms with E-state index in [2.05, 4.69) is 20.8 Å². The highest BCUT2D eigenvalue weighted by Gasteiger charge is 2.34. The van der Waals surface area contributed by atoms with Crippen LogP contribution in [0.5, 0.6) is 0 Å². The first kappa shape index (κ1) is 15.3. The first-order valence-corrected chi connectivity index (χ1v) is 7.25. The van der Waals surface area contributed by atoms with Crippen LogP contribution in [0, 0.1) is 5.92 Å². The van der Waals surface area contributed by atoms with Crippen molar-refractivity contribution in [1.82, 2.24) is 9.80 Å². The van der Waals surface area contributed by atoms with Gasteiger partial charge in [0, 0.05) is 26.2 Å². The van der Waals surface area contributed by atoms with Gasteiger partial charge in [-0.25, -0.2) is 4.79 Å². The summed E-state index contributed by atoms with van der Waals surface area (Å²) in [5.74, 6) is 0.746. The summed E-state index contributed by atoms with van der Waals surface area (Å²) in [5, 5.41) is 0. The molecule has 0 spiro atoms. The highest BCUT2D eigenvalue weighted by atomic mass is 16.2. The van der Waals surface area contributed by atoms with Crippen LogP contribution >= 0.6 is 0 Å². The second kappa shape index (κ2) is 6.41. The lowest BCUT2D eigenvalue weighted by atomic mass is 9.96. The Balaban J connectivity index is 2.73. The number of piperidine rings is 1. The predicted octanol–water partition coefficient (Wildman–Crippen LogP) is 2.29. The minimum absolute atomic E-state index is 0.166. The van der Waals surface area contributed by atoms with Gasteiger partial charge in [0.15, 0.2) is 0 Å². The van der Waals surface area contributed by atoms with Crippen LogP contribution in [0.1, 0.15) is 47.0 Å². The van der Waals surface area contributed by atoms with Crippen LogP contribution in [-0.2, 0) is 0 Å². The van der Waals surface area contributed by atoms with Crippen molar-refractivity contribution < 1.29 is 4.79 Å². The summed E-state index contributed by atoms with van der Waals surface area (Å²) in [6, 6.07) is 0.166. The molecule has 1 aliphatic heterocycles. The fourth-order valence-electron chi connectivity index (χ4n) is 2.56. The van der Waals surface area contributed by atoms with Gasteiger partial charge in [0.25, 0.3) is 0 Å². The van der Waals surface area contributed by atoms with Crippen LogP contribution in [0.25, 0.3) is 0 Å². The first-order valence-electron chi connectivity index (χ1n) is 7.25. The molecule has 1 saturated heterocycles. The van der Waals surface area contributed by atoms with Gasteiger partial charge >= 0.3 is 6.03 Å². The third-order valence-corrected chi connectivity index (χ3v) is 4.45. The van der Waals surface area contributed by atoms with E-state index in [9.17, 15) is 4.79 Å².